The van der Waals surface area contributed by atoms with E-state index in [1.165, 1.54) is 36.7 Å². The summed E-state index contributed by atoms with van der Waals surface area (Å²) in [6.45, 7) is 2.07. The average molecular weight is 658 g/mol. The summed E-state index contributed by atoms with van der Waals surface area (Å²) in [6.07, 6.45) is 6.22. The number of nitrogens with two attached hydrogens (primary N) is 1. The first-order valence-corrected chi connectivity index (χ1v) is 17.1. The van der Waals surface area contributed by atoms with Crippen LogP contribution in [0.25, 0.3) is 0 Å². The Hall–Kier alpha value is -2.97. The Morgan fingerprint density at radius 3 is 2.32 bits per heavy atom. The first-order chi connectivity index (χ1) is 20.9. The number of hydrogen-bond acceptors (Lipinski definition) is 10. The third-order valence-electron chi connectivity index (χ3n) is 6.90. The zero-order valence-corrected chi connectivity index (χ0v) is 27.3. The number of benzene rings is 1. The molecular formula is C30H47N3O9S2. The molecule has 0 radical (unpaired) electrons. The number of ether oxygens (including phenoxy) is 1. The summed E-state index contributed by atoms with van der Waals surface area (Å²) in [5.41, 5.74) is 6.35. The van der Waals surface area contributed by atoms with E-state index in [9.17, 15) is 34.2 Å². The summed E-state index contributed by atoms with van der Waals surface area (Å²) in [6, 6.07) is 1.47. The number of Topliss-reactive ketones (excluding diaryl/α,β-unsaturated/α-hetero) is 1. The molecule has 0 spiro atoms. The Morgan fingerprint density at radius 2 is 1.70 bits per heavy atom. The van der Waals surface area contributed by atoms with Crippen molar-refractivity contribution in [2.24, 2.45) is 5.73 Å². The summed E-state index contributed by atoms with van der Waals surface area (Å²) in [5.74, 6) is -2.70. The second-order valence-corrected chi connectivity index (χ2v) is 12.8. The number of methoxy groups -OCH3 is 1. The summed E-state index contributed by atoms with van der Waals surface area (Å²) >= 11 is 2.81. The van der Waals surface area contributed by atoms with E-state index in [1.54, 1.807) is 12.1 Å². The largest absolute Gasteiger partial charge is 0.504 e. The lowest BCUT2D eigenvalue weighted by Gasteiger charge is -2.24. The van der Waals surface area contributed by atoms with Crippen molar-refractivity contribution in [3.63, 3.8) is 0 Å². The van der Waals surface area contributed by atoms with Gasteiger partial charge in [0, 0.05) is 30.3 Å². The number of carbonyl (C=O) groups excluding carboxylic acids is 3. The normalized spacial score (nSPS) is 13.7. The van der Waals surface area contributed by atoms with Crippen molar-refractivity contribution in [2.45, 2.75) is 94.5 Å². The summed E-state index contributed by atoms with van der Waals surface area (Å²) in [7, 11) is 1.45. The number of carboxylic acid groups (broad SMARTS) is 2. The van der Waals surface area contributed by atoms with Gasteiger partial charge in [-0.1, -0.05) is 32.3 Å². The SMILES string of the molecule is CCCCCC(CC(=O)CCc1ccc(O)c(OC)c1)SCC(NC(=O)CCC(N)C(=O)O)C(=O)NC(CCSC)C(=O)O. The van der Waals surface area contributed by atoms with Crippen molar-refractivity contribution in [3.05, 3.63) is 23.8 Å². The van der Waals surface area contributed by atoms with Gasteiger partial charge in [0.2, 0.25) is 11.8 Å². The number of aliphatic carboxylic acids is 2. The van der Waals surface area contributed by atoms with Crippen LogP contribution in [0.2, 0.25) is 0 Å². The number of aromatic hydroxyl groups is 1. The highest BCUT2D eigenvalue weighted by Crippen LogP contribution is 2.28. The van der Waals surface area contributed by atoms with Gasteiger partial charge in [-0.25, -0.2) is 4.79 Å². The summed E-state index contributed by atoms with van der Waals surface area (Å²) in [5, 5.41) is 33.4. The fraction of sp³-hybridized carbons (Fsp3) is 0.633. The lowest BCUT2D eigenvalue weighted by Crippen LogP contribution is -2.53. The molecule has 2 amide bonds. The van der Waals surface area contributed by atoms with Crippen LogP contribution in [0.5, 0.6) is 11.5 Å². The van der Waals surface area contributed by atoms with Crippen LogP contribution in [0, 0.1) is 0 Å². The smallest absolute Gasteiger partial charge is 0.326 e. The van der Waals surface area contributed by atoms with E-state index in [1.807, 2.05) is 6.26 Å². The predicted octanol–water partition coefficient (Wildman–Crippen LogP) is 2.97. The summed E-state index contributed by atoms with van der Waals surface area (Å²) in [4.78, 5) is 61.6. The van der Waals surface area contributed by atoms with Gasteiger partial charge in [-0.3, -0.25) is 19.2 Å². The van der Waals surface area contributed by atoms with E-state index in [2.05, 4.69) is 17.6 Å². The van der Waals surface area contributed by atoms with Crippen LogP contribution in [-0.4, -0.2) is 93.1 Å². The molecule has 0 aliphatic rings. The molecule has 0 heterocycles. The predicted molar refractivity (Wildman–Crippen MR) is 172 cm³/mol. The molecule has 14 heteroatoms. The Morgan fingerprint density at radius 1 is 0.977 bits per heavy atom. The number of unbranched alkanes of at least 4 members (excludes halogenated alkanes) is 2. The molecule has 0 fully saturated rings. The molecule has 4 atom stereocenters. The molecule has 0 aliphatic heterocycles. The van der Waals surface area contributed by atoms with Gasteiger partial charge >= 0.3 is 11.9 Å². The second kappa shape index (κ2) is 21.7. The Kier molecular flexibility index (Phi) is 19.2. The van der Waals surface area contributed by atoms with Crippen molar-refractivity contribution in [2.75, 3.05) is 24.9 Å². The fourth-order valence-corrected chi connectivity index (χ4v) is 6.05. The van der Waals surface area contributed by atoms with Gasteiger partial charge in [0.15, 0.2) is 11.5 Å². The number of amides is 2. The van der Waals surface area contributed by atoms with E-state index >= 15 is 0 Å². The standard InChI is InChI=1S/C30H47N3O9S2/c1-4-5-6-7-21(17-20(34)10-8-19-9-12-25(35)26(16-19)42-2)44-18-24(32-27(36)13-11-22(31)29(38)39)28(37)33-23(30(40)41)14-15-43-3/h9,12,16,21-24,35H,4-8,10-11,13-15,17-18,31H2,1-3H3,(H,32,36)(H,33,37)(H,38,39)(H,40,41). The van der Waals surface area contributed by atoms with Gasteiger partial charge in [0.1, 0.15) is 23.9 Å². The van der Waals surface area contributed by atoms with E-state index in [0.29, 0.717) is 17.9 Å². The average Bonchev–Trinajstić information content (AvgIpc) is 2.98. The zero-order valence-electron chi connectivity index (χ0n) is 25.7. The van der Waals surface area contributed by atoms with Crippen LogP contribution >= 0.6 is 23.5 Å². The van der Waals surface area contributed by atoms with Gasteiger partial charge in [-0.05, 0) is 55.4 Å². The van der Waals surface area contributed by atoms with E-state index < -0.39 is 41.9 Å². The molecule has 0 saturated carbocycles. The van der Waals surface area contributed by atoms with Gasteiger partial charge in [-0.2, -0.15) is 23.5 Å². The number of rotatable bonds is 24. The molecule has 1 rings (SSSR count). The number of thioether (sulfide) groups is 2. The quantitative estimate of drug-likeness (QED) is 0.0888. The van der Waals surface area contributed by atoms with Gasteiger partial charge in [0.05, 0.1) is 7.11 Å². The number of nitrogens with one attached hydrogen (secondary N) is 2. The van der Waals surface area contributed by atoms with E-state index in [-0.39, 0.29) is 54.6 Å². The molecular weight excluding hydrogens is 610 g/mol. The van der Waals surface area contributed by atoms with Crippen LogP contribution in [-0.2, 0) is 30.4 Å². The third-order valence-corrected chi connectivity index (χ3v) is 8.94. The minimum Gasteiger partial charge on any atom is -0.504 e. The number of ketones is 1. The van der Waals surface area contributed by atoms with Crippen molar-refractivity contribution >= 4 is 53.1 Å². The molecule has 0 saturated heterocycles. The van der Waals surface area contributed by atoms with Crippen molar-refractivity contribution in [1.29, 1.82) is 0 Å². The van der Waals surface area contributed by atoms with Crippen molar-refractivity contribution < 1.29 is 44.0 Å². The molecule has 248 valence electrons. The summed E-state index contributed by atoms with van der Waals surface area (Å²) < 4.78 is 5.14. The molecule has 44 heavy (non-hydrogen) atoms. The Labute approximate surface area is 267 Å². The molecule has 0 aromatic heterocycles. The first kappa shape index (κ1) is 39.1. The first-order valence-electron chi connectivity index (χ1n) is 14.7. The minimum absolute atomic E-state index is 0.0179. The van der Waals surface area contributed by atoms with Crippen molar-refractivity contribution in [3.8, 4) is 11.5 Å². The number of carboxylic acids is 2. The third kappa shape index (κ3) is 15.7. The number of carbonyl (C=O) groups is 5. The van der Waals surface area contributed by atoms with Gasteiger partial charge in [0.25, 0.3) is 0 Å². The lowest BCUT2D eigenvalue weighted by atomic mass is 10.0. The number of hydrogen-bond donors (Lipinski definition) is 6. The van der Waals surface area contributed by atoms with Gasteiger partial charge < -0.3 is 36.4 Å². The van der Waals surface area contributed by atoms with Crippen LogP contribution in [0.4, 0.5) is 0 Å². The molecule has 7 N–H and O–H groups in total. The highest BCUT2D eigenvalue weighted by molar-refractivity contribution is 8.00. The number of phenolic OH excluding ortho intramolecular Hbond substituents is 1. The van der Waals surface area contributed by atoms with Crippen LogP contribution in [0.1, 0.15) is 70.3 Å². The van der Waals surface area contributed by atoms with E-state index in [4.69, 9.17) is 15.6 Å². The second-order valence-electron chi connectivity index (χ2n) is 10.5. The molecule has 1 aromatic carbocycles. The Balaban J connectivity index is 2.97. The number of phenols is 1. The monoisotopic (exact) mass is 657 g/mol. The molecule has 12 nitrogen and oxygen atoms in total. The maximum absolute atomic E-state index is 13.2. The Bertz CT molecular complexity index is 1090. The van der Waals surface area contributed by atoms with Crippen LogP contribution in [0.3, 0.4) is 0 Å². The highest BCUT2D eigenvalue weighted by atomic mass is 32.2. The fourth-order valence-electron chi connectivity index (χ4n) is 4.24. The molecule has 4 unspecified atom stereocenters. The lowest BCUT2D eigenvalue weighted by molar-refractivity contribution is -0.142. The minimum atomic E-state index is -1.25. The highest BCUT2D eigenvalue weighted by Gasteiger charge is 2.28. The molecule has 0 bridgehead atoms. The maximum atomic E-state index is 13.2. The molecule has 1 aromatic rings. The van der Waals surface area contributed by atoms with Crippen LogP contribution in [0.15, 0.2) is 18.2 Å². The topological polar surface area (TPSA) is 205 Å². The number of aryl methyl sites for hydroxylation is 1. The molecule has 0 aliphatic carbocycles. The van der Waals surface area contributed by atoms with E-state index in [0.717, 1.165) is 31.2 Å². The van der Waals surface area contributed by atoms with Gasteiger partial charge in [-0.15, -0.1) is 0 Å². The maximum Gasteiger partial charge on any atom is 0.326 e. The zero-order chi connectivity index (χ0) is 33.1. The van der Waals surface area contributed by atoms with Crippen molar-refractivity contribution in [1.82, 2.24) is 10.6 Å². The van der Waals surface area contributed by atoms with Crippen LogP contribution < -0.4 is 21.1 Å².